The van der Waals surface area contributed by atoms with Gasteiger partial charge < -0.3 is 9.83 Å². The van der Waals surface area contributed by atoms with Gasteiger partial charge in [0.1, 0.15) is 5.75 Å². The van der Waals surface area contributed by atoms with Crippen molar-refractivity contribution in [3.8, 4) is 5.75 Å². The molecule has 0 radical (unpaired) electrons. The summed E-state index contributed by atoms with van der Waals surface area (Å²) in [6, 6.07) is 5.33. The Morgan fingerprint density at radius 2 is 2.36 bits per heavy atom. The SMILES string of the molecule is Oc1cccc2c1C=NSN2. The zero-order valence-electron chi connectivity index (χ0n) is 5.61. The summed E-state index contributed by atoms with van der Waals surface area (Å²) in [5.41, 5.74) is 1.66. The van der Waals surface area contributed by atoms with E-state index in [2.05, 4.69) is 9.12 Å². The Bertz CT molecular complexity index is 311. The second-order valence-electron chi connectivity index (χ2n) is 2.17. The molecular formula is C7H6N2OS. The number of aromatic hydroxyl groups is 1. The van der Waals surface area contributed by atoms with E-state index in [1.165, 1.54) is 12.1 Å². The van der Waals surface area contributed by atoms with Crippen molar-refractivity contribution < 1.29 is 5.11 Å². The summed E-state index contributed by atoms with van der Waals surface area (Å²) in [6.45, 7) is 0. The van der Waals surface area contributed by atoms with Gasteiger partial charge >= 0.3 is 0 Å². The first-order chi connectivity index (χ1) is 5.38. The summed E-state index contributed by atoms with van der Waals surface area (Å²) in [5, 5.41) is 9.32. The highest BCUT2D eigenvalue weighted by molar-refractivity contribution is 7.99. The van der Waals surface area contributed by atoms with E-state index in [1.54, 1.807) is 18.3 Å². The number of nitrogens with zero attached hydrogens (tertiary/aromatic N) is 1. The molecule has 1 aliphatic rings. The van der Waals surface area contributed by atoms with Gasteiger partial charge in [-0.3, -0.25) is 0 Å². The lowest BCUT2D eigenvalue weighted by Crippen LogP contribution is -1.96. The van der Waals surface area contributed by atoms with E-state index < -0.39 is 0 Å². The van der Waals surface area contributed by atoms with Crippen LogP contribution in [0.1, 0.15) is 5.56 Å². The first kappa shape index (κ1) is 6.54. The van der Waals surface area contributed by atoms with Crippen molar-refractivity contribution in [1.82, 2.24) is 0 Å². The molecule has 1 aromatic rings. The highest BCUT2D eigenvalue weighted by Crippen LogP contribution is 2.28. The molecule has 2 rings (SSSR count). The van der Waals surface area contributed by atoms with Crippen LogP contribution in [0.15, 0.2) is 22.6 Å². The molecule has 2 N–H and O–H groups in total. The molecule has 3 nitrogen and oxygen atoms in total. The molecule has 0 fully saturated rings. The number of nitrogens with one attached hydrogen (secondary N) is 1. The van der Waals surface area contributed by atoms with Crippen LogP contribution in [0, 0.1) is 0 Å². The Morgan fingerprint density at radius 1 is 1.45 bits per heavy atom. The molecule has 56 valence electrons. The molecule has 4 heteroatoms. The highest BCUT2D eigenvalue weighted by atomic mass is 32.2. The summed E-state index contributed by atoms with van der Waals surface area (Å²) in [6.07, 6.45) is 1.64. The third kappa shape index (κ3) is 1.05. The first-order valence-electron chi connectivity index (χ1n) is 3.15. The van der Waals surface area contributed by atoms with Gasteiger partial charge in [-0.05, 0) is 12.1 Å². The molecule has 1 heterocycles. The number of benzene rings is 1. The molecule has 0 saturated heterocycles. The molecule has 0 amide bonds. The minimum Gasteiger partial charge on any atom is -0.507 e. The van der Waals surface area contributed by atoms with Gasteiger partial charge in [0.15, 0.2) is 0 Å². The van der Waals surface area contributed by atoms with Crippen LogP contribution in [-0.2, 0) is 0 Å². The molecule has 1 aromatic carbocycles. The van der Waals surface area contributed by atoms with Crippen LogP contribution in [0.4, 0.5) is 5.69 Å². The summed E-state index contributed by atoms with van der Waals surface area (Å²) in [4.78, 5) is 0. The third-order valence-electron chi connectivity index (χ3n) is 1.47. The molecule has 0 saturated carbocycles. The number of phenols is 1. The van der Waals surface area contributed by atoms with Crippen molar-refractivity contribution in [2.75, 3.05) is 4.72 Å². The predicted octanol–water partition coefficient (Wildman–Crippen LogP) is 1.80. The molecule has 11 heavy (non-hydrogen) atoms. The fourth-order valence-corrected chi connectivity index (χ4v) is 1.42. The van der Waals surface area contributed by atoms with E-state index in [9.17, 15) is 5.11 Å². The van der Waals surface area contributed by atoms with Crippen molar-refractivity contribution in [1.29, 1.82) is 0 Å². The maximum absolute atomic E-state index is 9.32. The number of hydrogen-bond donors (Lipinski definition) is 2. The molecule has 0 unspecified atom stereocenters. The van der Waals surface area contributed by atoms with Gasteiger partial charge in [-0.15, -0.1) is 0 Å². The van der Waals surface area contributed by atoms with Crippen LogP contribution in [0.3, 0.4) is 0 Å². The van der Waals surface area contributed by atoms with E-state index >= 15 is 0 Å². The lowest BCUT2D eigenvalue weighted by molar-refractivity contribution is 0.475. The second-order valence-corrected chi connectivity index (χ2v) is 2.76. The van der Waals surface area contributed by atoms with Gasteiger partial charge in [0.2, 0.25) is 0 Å². The number of fused-ring (bicyclic) bond motifs is 1. The zero-order valence-corrected chi connectivity index (χ0v) is 6.43. The number of rotatable bonds is 0. The topological polar surface area (TPSA) is 44.6 Å². The average Bonchev–Trinajstić information content (AvgIpc) is 2.06. The van der Waals surface area contributed by atoms with Crippen molar-refractivity contribution in [2.45, 2.75) is 0 Å². The maximum atomic E-state index is 9.32. The van der Waals surface area contributed by atoms with Crippen LogP contribution in [-0.4, -0.2) is 11.3 Å². The fraction of sp³-hybridized carbons (Fsp3) is 0. The van der Waals surface area contributed by atoms with E-state index in [1.807, 2.05) is 6.07 Å². The summed E-state index contributed by atoms with van der Waals surface area (Å²) in [5.74, 6) is 0.263. The number of phenolic OH excluding ortho intramolecular Hbond substituents is 1. The molecule has 1 aliphatic heterocycles. The summed E-state index contributed by atoms with van der Waals surface area (Å²) < 4.78 is 6.86. The Hall–Kier alpha value is -1.16. The van der Waals surface area contributed by atoms with Gasteiger partial charge in [-0.2, -0.15) is 0 Å². The average molecular weight is 166 g/mol. The van der Waals surface area contributed by atoms with E-state index in [0.717, 1.165) is 11.3 Å². The molecular weight excluding hydrogens is 160 g/mol. The van der Waals surface area contributed by atoms with E-state index in [4.69, 9.17) is 0 Å². The monoisotopic (exact) mass is 166 g/mol. The van der Waals surface area contributed by atoms with Gasteiger partial charge in [0.05, 0.1) is 29.6 Å². The first-order valence-corrected chi connectivity index (χ1v) is 3.92. The van der Waals surface area contributed by atoms with Gasteiger partial charge in [-0.25, -0.2) is 4.40 Å². The Morgan fingerprint density at radius 3 is 3.18 bits per heavy atom. The van der Waals surface area contributed by atoms with Gasteiger partial charge in [0.25, 0.3) is 0 Å². The summed E-state index contributed by atoms with van der Waals surface area (Å²) in [7, 11) is 0. The minimum atomic E-state index is 0.263. The van der Waals surface area contributed by atoms with Crippen LogP contribution >= 0.6 is 12.1 Å². The largest absolute Gasteiger partial charge is 0.507 e. The van der Waals surface area contributed by atoms with Crippen molar-refractivity contribution in [3.05, 3.63) is 23.8 Å². The number of anilines is 1. The summed E-state index contributed by atoms with van der Waals surface area (Å²) >= 11 is 1.25. The third-order valence-corrected chi connectivity index (χ3v) is 2.00. The molecule has 0 aromatic heterocycles. The normalized spacial score (nSPS) is 13.8. The number of hydrogen-bond acceptors (Lipinski definition) is 4. The maximum Gasteiger partial charge on any atom is 0.126 e. The zero-order chi connectivity index (χ0) is 7.68. The highest BCUT2D eigenvalue weighted by Gasteiger charge is 2.07. The lowest BCUT2D eigenvalue weighted by atomic mass is 10.2. The van der Waals surface area contributed by atoms with E-state index in [0.29, 0.717) is 0 Å². The molecule has 0 spiro atoms. The van der Waals surface area contributed by atoms with Crippen LogP contribution in [0.5, 0.6) is 5.75 Å². The quantitative estimate of drug-likeness (QED) is 0.577. The van der Waals surface area contributed by atoms with Crippen LogP contribution in [0.25, 0.3) is 0 Å². The van der Waals surface area contributed by atoms with Crippen molar-refractivity contribution in [3.63, 3.8) is 0 Å². The smallest absolute Gasteiger partial charge is 0.126 e. The van der Waals surface area contributed by atoms with Crippen LogP contribution in [0.2, 0.25) is 0 Å². The lowest BCUT2D eigenvalue weighted by Gasteiger charge is -2.10. The van der Waals surface area contributed by atoms with Gasteiger partial charge in [-0.1, -0.05) is 6.07 Å². The van der Waals surface area contributed by atoms with Gasteiger partial charge in [0, 0.05) is 0 Å². The van der Waals surface area contributed by atoms with Crippen molar-refractivity contribution >= 4 is 24.0 Å². The second kappa shape index (κ2) is 2.47. The minimum absolute atomic E-state index is 0.263. The standard InChI is InChI=1S/C7H6N2OS/c10-7-3-1-2-6-5(7)4-8-11-9-6/h1-4,9-10H. The Kier molecular flexibility index (Phi) is 1.47. The van der Waals surface area contributed by atoms with Crippen molar-refractivity contribution in [2.24, 2.45) is 4.40 Å². The predicted molar refractivity (Wildman–Crippen MR) is 46.9 cm³/mol. The molecule has 0 bridgehead atoms. The Balaban J connectivity index is 2.60. The van der Waals surface area contributed by atoms with Crippen LogP contribution < -0.4 is 4.72 Å². The fourth-order valence-electron chi connectivity index (χ4n) is 0.932. The van der Waals surface area contributed by atoms with E-state index in [-0.39, 0.29) is 5.75 Å². The molecule has 0 atom stereocenters. The molecule has 0 aliphatic carbocycles. The Labute approximate surface area is 68.4 Å².